The first-order valence-electron chi connectivity index (χ1n) is 8.92. The summed E-state index contributed by atoms with van der Waals surface area (Å²) in [7, 11) is 0. The summed E-state index contributed by atoms with van der Waals surface area (Å²) in [6.45, 7) is 1.92. The predicted molar refractivity (Wildman–Crippen MR) is 98.7 cm³/mol. The van der Waals surface area contributed by atoms with Gasteiger partial charge in [0.25, 0.3) is 0 Å². The minimum Gasteiger partial charge on any atom is -0.353 e. The Balaban J connectivity index is 1.93. The molecule has 4 rings (SSSR count). The van der Waals surface area contributed by atoms with Gasteiger partial charge in [-0.1, -0.05) is 30.3 Å². The topological polar surface area (TPSA) is 44.8 Å². The molecule has 0 aliphatic carbocycles. The van der Waals surface area contributed by atoms with Crippen LogP contribution in [0.3, 0.4) is 0 Å². The zero-order chi connectivity index (χ0) is 19.9. The summed E-state index contributed by atoms with van der Waals surface area (Å²) in [5.74, 6) is 0.512. The average Bonchev–Trinajstić information content (AvgIpc) is 3.27. The maximum atomic E-state index is 13.8. The fourth-order valence-electron chi connectivity index (χ4n) is 3.55. The molecule has 0 amide bonds. The highest BCUT2D eigenvalue weighted by molar-refractivity contribution is 5.88. The van der Waals surface area contributed by atoms with Gasteiger partial charge in [0.05, 0.1) is 17.8 Å². The van der Waals surface area contributed by atoms with Crippen LogP contribution in [0.15, 0.2) is 42.6 Å². The highest BCUT2D eigenvalue weighted by Crippen LogP contribution is 2.40. The second kappa shape index (κ2) is 6.92. The third kappa shape index (κ3) is 3.34. The molecule has 28 heavy (non-hydrogen) atoms. The average molecular weight is 390 g/mol. The number of imidazole rings is 1. The van der Waals surface area contributed by atoms with E-state index < -0.39 is 18.0 Å². The molecule has 1 unspecified atom stereocenters. The summed E-state index contributed by atoms with van der Waals surface area (Å²) >= 11 is 0. The van der Waals surface area contributed by atoms with Crippen LogP contribution in [0.1, 0.15) is 17.8 Å². The van der Waals surface area contributed by atoms with Gasteiger partial charge in [-0.15, -0.1) is 0 Å². The van der Waals surface area contributed by atoms with Crippen molar-refractivity contribution in [2.75, 3.05) is 18.0 Å². The lowest BCUT2D eigenvalue weighted by atomic mass is 10.00. The summed E-state index contributed by atoms with van der Waals surface area (Å²) < 4.78 is 53.7. The molecule has 1 aromatic carbocycles. The van der Waals surface area contributed by atoms with Crippen molar-refractivity contribution in [1.82, 2.24) is 15.0 Å². The van der Waals surface area contributed by atoms with Gasteiger partial charge in [-0.05, 0) is 30.5 Å². The van der Waals surface area contributed by atoms with Crippen molar-refractivity contribution < 1.29 is 17.6 Å². The van der Waals surface area contributed by atoms with Gasteiger partial charge >= 0.3 is 6.18 Å². The molecule has 1 saturated heterocycles. The molecule has 2 aromatic heterocycles. The fraction of sp³-hybridized carbons (Fsp3) is 0.300. The van der Waals surface area contributed by atoms with E-state index in [0.717, 1.165) is 5.56 Å². The zero-order valence-electron chi connectivity index (χ0n) is 15.1. The van der Waals surface area contributed by atoms with Crippen LogP contribution in [-0.4, -0.2) is 34.2 Å². The first-order chi connectivity index (χ1) is 13.3. The number of aromatic amines is 1. The molecule has 1 aliphatic heterocycles. The van der Waals surface area contributed by atoms with E-state index >= 15 is 0 Å². The van der Waals surface area contributed by atoms with Crippen LogP contribution < -0.4 is 4.90 Å². The summed E-state index contributed by atoms with van der Waals surface area (Å²) in [4.78, 5) is 12.7. The third-order valence-electron chi connectivity index (χ3n) is 4.85. The highest BCUT2D eigenvalue weighted by atomic mass is 19.4. The van der Waals surface area contributed by atoms with E-state index in [4.69, 9.17) is 0 Å². The van der Waals surface area contributed by atoms with Crippen molar-refractivity contribution in [1.29, 1.82) is 0 Å². The normalized spacial score (nSPS) is 17.3. The molecular formula is C20H18F4N4. The number of benzene rings is 1. The van der Waals surface area contributed by atoms with Gasteiger partial charge in [0.1, 0.15) is 23.5 Å². The lowest BCUT2D eigenvalue weighted by Gasteiger charge is -2.21. The summed E-state index contributed by atoms with van der Waals surface area (Å²) in [5.41, 5.74) is 0.929. The number of anilines is 1. The van der Waals surface area contributed by atoms with Crippen LogP contribution in [0.2, 0.25) is 0 Å². The first-order valence-corrected chi connectivity index (χ1v) is 8.92. The van der Waals surface area contributed by atoms with Gasteiger partial charge in [0.2, 0.25) is 0 Å². The van der Waals surface area contributed by atoms with E-state index in [2.05, 4.69) is 15.0 Å². The zero-order valence-corrected chi connectivity index (χ0v) is 15.1. The smallest absolute Gasteiger partial charge is 0.353 e. The maximum absolute atomic E-state index is 13.8. The highest BCUT2D eigenvalue weighted by Gasteiger charge is 2.36. The van der Waals surface area contributed by atoms with Crippen molar-refractivity contribution >= 4 is 5.82 Å². The predicted octanol–water partition coefficient (Wildman–Crippen LogP) is 5.01. The monoisotopic (exact) mass is 390 g/mol. The van der Waals surface area contributed by atoms with Gasteiger partial charge < -0.3 is 9.88 Å². The Morgan fingerprint density at radius 1 is 1.14 bits per heavy atom. The Bertz CT molecular complexity index is 982. The van der Waals surface area contributed by atoms with E-state index in [9.17, 15) is 17.6 Å². The van der Waals surface area contributed by atoms with E-state index in [0.29, 0.717) is 29.9 Å². The number of nitrogens with zero attached hydrogens (tertiary/aromatic N) is 3. The molecule has 1 N–H and O–H groups in total. The molecule has 0 saturated carbocycles. The number of aryl methyl sites for hydroxylation is 1. The van der Waals surface area contributed by atoms with E-state index in [1.54, 1.807) is 17.2 Å². The molecular weight excluding hydrogens is 372 g/mol. The number of H-pyrrole nitrogens is 1. The van der Waals surface area contributed by atoms with Crippen molar-refractivity contribution in [2.45, 2.75) is 25.7 Å². The van der Waals surface area contributed by atoms with Crippen molar-refractivity contribution in [3.05, 3.63) is 54.0 Å². The molecule has 146 valence electrons. The van der Waals surface area contributed by atoms with Crippen LogP contribution >= 0.6 is 0 Å². The van der Waals surface area contributed by atoms with Crippen molar-refractivity contribution in [3.8, 4) is 22.5 Å². The van der Waals surface area contributed by atoms with Gasteiger partial charge in [-0.2, -0.15) is 13.2 Å². The number of nitrogens with one attached hydrogen (secondary N) is 1. The fourth-order valence-corrected chi connectivity index (χ4v) is 3.55. The largest absolute Gasteiger partial charge is 0.433 e. The summed E-state index contributed by atoms with van der Waals surface area (Å²) in [6.07, 6.45) is -3.57. The first kappa shape index (κ1) is 18.5. The van der Waals surface area contributed by atoms with Crippen LogP contribution in [0.25, 0.3) is 22.5 Å². The molecule has 4 nitrogen and oxygen atoms in total. The lowest BCUT2D eigenvalue weighted by molar-refractivity contribution is -0.141. The summed E-state index contributed by atoms with van der Waals surface area (Å²) in [5, 5.41) is 0. The Hall–Kier alpha value is -2.90. The molecule has 0 bridgehead atoms. The Morgan fingerprint density at radius 2 is 1.89 bits per heavy atom. The quantitative estimate of drug-likeness (QED) is 0.639. The van der Waals surface area contributed by atoms with Gasteiger partial charge in [-0.3, -0.25) is 0 Å². The van der Waals surface area contributed by atoms with Gasteiger partial charge in [-0.25, -0.2) is 14.4 Å². The third-order valence-corrected chi connectivity index (χ3v) is 4.85. The Labute approximate surface area is 159 Å². The van der Waals surface area contributed by atoms with Crippen molar-refractivity contribution in [3.63, 3.8) is 0 Å². The SMILES string of the molecule is Cc1nc(-c2c(-c3ccccc3)ccnc2N2CCC(F)C2)[nH]c1C(F)(F)F. The van der Waals surface area contributed by atoms with Crippen LogP contribution in [0.5, 0.6) is 0 Å². The molecule has 0 spiro atoms. The minimum atomic E-state index is -4.54. The summed E-state index contributed by atoms with van der Waals surface area (Å²) in [6, 6.07) is 11.0. The lowest BCUT2D eigenvalue weighted by Crippen LogP contribution is -2.22. The van der Waals surface area contributed by atoms with Gasteiger partial charge in [0, 0.05) is 12.7 Å². The number of hydrogen-bond acceptors (Lipinski definition) is 3. The number of halogens is 4. The molecule has 1 aliphatic rings. The molecule has 0 radical (unpaired) electrons. The van der Waals surface area contributed by atoms with Crippen molar-refractivity contribution in [2.24, 2.45) is 0 Å². The van der Waals surface area contributed by atoms with Gasteiger partial charge in [0.15, 0.2) is 0 Å². The number of hydrogen-bond donors (Lipinski definition) is 1. The van der Waals surface area contributed by atoms with E-state index in [-0.39, 0.29) is 18.1 Å². The number of aromatic nitrogens is 3. The van der Waals surface area contributed by atoms with Crippen LogP contribution in [-0.2, 0) is 6.18 Å². The molecule has 1 fully saturated rings. The maximum Gasteiger partial charge on any atom is 0.433 e. The number of pyridine rings is 1. The molecule has 1 atom stereocenters. The standard InChI is InChI=1S/C20H18F4N4/c1-12-17(20(22,23)24)27-18(26-12)16-15(13-5-3-2-4-6-13)7-9-25-19(16)28-10-8-14(21)11-28/h2-7,9,14H,8,10-11H2,1H3,(H,26,27). The van der Waals surface area contributed by atoms with E-state index in [1.807, 2.05) is 30.3 Å². The van der Waals surface area contributed by atoms with E-state index in [1.165, 1.54) is 6.92 Å². The minimum absolute atomic E-state index is 0.0779. The second-order valence-electron chi connectivity index (χ2n) is 6.80. The van der Waals surface area contributed by atoms with Crippen LogP contribution in [0, 0.1) is 6.92 Å². The number of rotatable bonds is 3. The molecule has 3 aromatic rings. The Kier molecular flexibility index (Phi) is 4.56. The molecule has 8 heteroatoms. The van der Waals surface area contributed by atoms with Crippen LogP contribution in [0.4, 0.5) is 23.4 Å². The molecule has 3 heterocycles. The Morgan fingerprint density at radius 3 is 2.50 bits per heavy atom. The second-order valence-corrected chi connectivity index (χ2v) is 6.80. The number of alkyl halides is 4.